The fraction of sp³-hybridized carbons (Fsp3) is 0.214. The Labute approximate surface area is 115 Å². The smallest absolute Gasteiger partial charge is 0.357 e. The van der Waals surface area contributed by atoms with Gasteiger partial charge in [-0.15, -0.1) is 0 Å². The topological polar surface area (TPSA) is 103 Å². The molecule has 0 radical (unpaired) electrons. The van der Waals surface area contributed by atoms with E-state index in [-0.39, 0.29) is 5.82 Å². The zero-order valence-electron chi connectivity index (χ0n) is 11.0. The van der Waals surface area contributed by atoms with E-state index in [1.165, 1.54) is 0 Å². The predicted octanol–water partition coefficient (Wildman–Crippen LogP) is 2.60. The SMILES string of the molecule is CC(C)c1ccc(-c2nc(C(=O)O)c(C(=O)O)[nH]2)cc1. The molecule has 0 saturated carbocycles. The highest BCUT2D eigenvalue weighted by atomic mass is 16.4. The van der Waals surface area contributed by atoms with Gasteiger partial charge in [0.15, 0.2) is 11.4 Å². The van der Waals surface area contributed by atoms with E-state index >= 15 is 0 Å². The van der Waals surface area contributed by atoms with Crippen LogP contribution >= 0.6 is 0 Å². The van der Waals surface area contributed by atoms with Crippen molar-refractivity contribution in [2.24, 2.45) is 0 Å². The molecule has 1 aromatic carbocycles. The van der Waals surface area contributed by atoms with Crippen molar-refractivity contribution in [2.75, 3.05) is 0 Å². The van der Waals surface area contributed by atoms with Gasteiger partial charge in [0, 0.05) is 5.56 Å². The molecule has 0 aliphatic carbocycles. The lowest BCUT2D eigenvalue weighted by Crippen LogP contribution is -2.07. The summed E-state index contributed by atoms with van der Waals surface area (Å²) in [7, 11) is 0. The minimum atomic E-state index is -1.37. The molecule has 1 heterocycles. The van der Waals surface area contributed by atoms with E-state index in [1.807, 2.05) is 12.1 Å². The van der Waals surface area contributed by atoms with Crippen LogP contribution in [0.15, 0.2) is 24.3 Å². The van der Waals surface area contributed by atoms with Gasteiger partial charge < -0.3 is 15.2 Å². The van der Waals surface area contributed by atoms with E-state index in [1.54, 1.807) is 12.1 Å². The van der Waals surface area contributed by atoms with E-state index in [0.717, 1.165) is 5.56 Å². The summed E-state index contributed by atoms with van der Waals surface area (Å²) in [6.07, 6.45) is 0. The van der Waals surface area contributed by atoms with Gasteiger partial charge in [0.05, 0.1) is 0 Å². The van der Waals surface area contributed by atoms with E-state index in [2.05, 4.69) is 23.8 Å². The highest BCUT2D eigenvalue weighted by Crippen LogP contribution is 2.22. The summed E-state index contributed by atoms with van der Waals surface area (Å²) in [6, 6.07) is 7.38. The normalized spacial score (nSPS) is 10.8. The van der Waals surface area contributed by atoms with Crippen LogP contribution in [0.2, 0.25) is 0 Å². The number of nitrogens with one attached hydrogen (secondary N) is 1. The number of carbonyl (C=O) groups is 2. The first-order valence-electron chi connectivity index (χ1n) is 6.07. The highest BCUT2D eigenvalue weighted by molar-refractivity contribution is 5.99. The molecule has 0 saturated heterocycles. The number of aromatic carboxylic acids is 2. The van der Waals surface area contributed by atoms with Crippen molar-refractivity contribution in [3.05, 3.63) is 41.2 Å². The first-order chi connectivity index (χ1) is 9.40. The lowest BCUT2D eigenvalue weighted by atomic mass is 10.0. The Morgan fingerprint density at radius 1 is 1.10 bits per heavy atom. The zero-order valence-corrected chi connectivity index (χ0v) is 11.0. The quantitative estimate of drug-likeness (QED) is 0.795. The van der Waals surface area contributed by atoms with E-state index in [4.69, 9.17) is 10.2 Å². The van der Waals surface area contributed by atoms with Crippen LogP contribution in [-0.2, 0) is 0 Å². The van der Waals surface area contributed by atoms with Crippen LogP contribution in [0.4, 0.5) is 0 Å². The Morgan fingerprint density at radius 3 is 2.10 bits per heavy atom. The van der Waals surface area contributed by atoms with Gasteiger partial charge in [-0.1, -0.05) is 38.1 Å². The van der Waals surface area contributed by atoms with Gasteiger partial charge in [-0.25, -0.2) is 14.6 Å². The van der Waals surface area contributed by atoms with E-state index < -0.39 is 23.3 Å². The molecule has 3 N–H and O–H groups in total. The third-order valence-electron chi connectivity index (χ3n) is 2.97. The summed E-state index contributed by atoms with van der Waals surface area (Å²) in [6.45, 7) is 4.12. The maximum Gasteiger partial charge on any atom is 0.357 e. The molecule has 0 unspecified atom stereocenters. The van der Waals surface area contributed by atoms with Crippen molar-refractivity contribution >= 4 is 11.9 Å². The molecule has 6 heteroatoms. The van der Waals surface area contributed by atoms with Crippen LogP contribution in [0.3, 0.4) is 0 Å². The molecular formula is C14H14N2O4. The zero-order chi connectivity index (χ0) is 14.9. The summed E-state index contributed by atoms with van der Waals surface area (Å²) in [5.74, 6) is -2.11. The predicted molar refractivity (Wildman–Crippen MR) is 72.0 cm³/mol. The van der Waals surface area contributed by atoms with Crippen molar-refractivity contribution in [1.29, 1.82) is 0 Å². The number of benzene rings is 1. The minimum absolute atomic E-state index is 0.232. The molecule has 0 atom stereocenters. The molecule has 0 spiro atoms. The van der Waals surface area contributed by atoms with Crippen molar-refractivity contribution in [3.8, 4) is 11.4 Å². The monoisotopic (exact) mass is 274 g/mol. The molecule has 0 bridgehead atoms. The number of nitrogens with zero attached hydrogens (tertiary/aromatic N) is 1. The number of H-pyrrole nitrogens is 1. The van der Waals surface area contributed by atoms with Crippen molar-refractivity contribution in [1.82, 2.24) is 9.97 Å². The van der Waals surface area contributed by atoms with Crippen molar-refractivity contribution < 1.29 is 19.8 Å². The third-order valence-corrected chi connectivity index (χ3v) is 2.97. The van der Waals surface area contributed by atoms with Crippen molar-refractivity contribution in [2.45, 2.75) is 19.8 Å². The fourth-order valence-corrected chi connectivity index (χ4v) is 1.85. The third kappa shape index (κ3) is 2.54. The van der Waals surface area contributed by atoms with Gasteiger partial charge in [0.25, 0.3) is 0 Å². The number of hydrogen-bond acceptors (Lipinski definition) is 3. The Kier molecular flexibility index (Phi) is 3.56. The second kappa shape index (κ2) is 5.16. The standard InChI is InChI=1S/C14H14N2O4/c1-7(2)8-3-5-9(6-4-8)12-15-10(13(17)18)11(16-12)14(19)20/h3-7H,1-2H3,(H,15,16)(H,17,18)(H,19,20). The van der Waals surface area contributed by atoms with Crippen LogP contribution in [0, 0.1) is 0 Å². The Morgan fingerprint density at radius 2 is 1.70 bits per heavy atom. The molecule has 1 aromatic heterocycles. The number of carboxylic acids is 2. The molecule has 0 fully saturated rings. The second-order valence-corrected chi connectivity index (χ2v) is 4.70. The van der Waals surface area contributed by atoms with Crippen LogP contribution < -0.4 is 0 Å². The van der Waals surface area contributed by atoms with Gasteiger partial charge in [0.1, 0.15) is 5.82 Å². The summed E-state index contributed by atoms with van der Waals surface area (Å²) in [5, 5.41) is 17.9. The van der Waals surface area contributed by atoms with Gasteiger partial charge in [0.2, 0.25) is 0 Å². The number of imidazole rings is 1. The summed E-state index contributed by atoms with van der Waals surface area (Å²) < 4.78 is 0. The van der Waals surface area contributed by atoms with Crippen LogP contribution in [0.1, 0.15) is 46.3 Å². The maximum atomic E-state index is 11.0. The summed E-state index contributed by atoms with van der Waals surface area (Å²) in [5.41, 5.74) is 0.877. The van der Waals surface area contributed by atoms with Gasteiger partial charge in [-0.3, -0.25) is 0 Å². The van der Waals surface area contributed by atoms with Gasteiger partial charge in [-0.2, -0.15) is 0 Å². The van der Waals surface area contributed by atoms with E-state index in [9.17, 15) is 9.59 Å². The Bertz CT molecular complexity index is 625. The van der Waals surface area contributed by atoms with Gasteiger partial charge in [-0.05, 0) is 11.5 Å². The molecule has 20 heavy (non-hydrogen) atoms. The lowest BCUT2D eigenvalue weighted by Gasteiger charge is -2.05. The average molecular weight is 274 g/mol. The van der Waals surface area contributed by atoms with Crippen molar-refractivity contribution in [3.63, 3.8) is 0 Å². The number of aromatic amines is 1. The number of hydrogen-bond donors (Lipinski definition) is 3. The molecule has 2 aromatic rings. The Hall–Kier alpha value is -2.63. The number of rotatable bonds is 4. The minimum Gasteiger partial charge on any atom is -0.477 e. The van der Waals surface area contributed by atoms with Crippen LogP contribution in [-0.4, -0.2) is 32.1 Å². The van der Waals surface area contributed by atoms with E-state index in [0.29, 0.717) is 11.5 Å². The number of carboxylic acid groups (broad SMARTS) is 2. The molecule has 6 nitrogen and oxygen atoms in total. The molecule has 0 aliphatic rings. The molecule has 0 amide bonds. The Balaban J connectivity index is 2.45. The second-order valence-electron chi connectivity index (χ2n) is 4.70. The molecular weight excluding hydrogens is 260 g/mol. The average Bonchev–Trinajstić information content (AvgIpc) is 2.84. The highest BCUT2D eigenvalue weighted by Gasteiger charge is 2.22. The van der Waals surface area contributed by atoms with Crippen LogP contribution in [0.5, 0.6) is 0 Å². The first kappa shape index (κ1) is 13.8. The maximum absolute atomic E-state index is 11.0. The fourth-order valence-electron chi connectivity index (χ4n) is 1.85. The lowest BCUT2D eigenvalue weighted by molar-refractivity contribution is 0.0644. The largest absolute Gasteiger partial charge is 0.477 e. The van der Waals surface area contributed by atoms with Gasteiger partial charge >= 0.3 is 11.9 Å². The first-order valence-corrected chi connectivity index (χ1v) is 6.07. The summed E-state index contributed by atoms with van der Waals surface area (Å²) >= 11 is 0. The number of aromatic nitrogens is 2. The molecule has 104 valence electrons. The molecule has 2 rings (SSSR count). The van der Waals surface area contributed by atoms with Crippen LogP contribution in [0.25, 0.3) is 11.4 Å². The summed E-state index contributed by atoms with van der Waals surface area (Å²) in [4.78, 5) is 28.3. The molecule has 0 aliphatic heterocycles.